The lowest BCUT2D eigenvalue weighted by Crippen LogP contribution is -2.49. The molecule has 2 N–H and O–H groups in total. The van der Waals surface area contributed by atoms with Crippen LogP contribution in [0.3, 0.4) is 0 Å². The van der Waals surface area contributed by atoms with Crippen LogP contribution in [-0.2, 0) is 19.0 Å². The Labute approximate surface area is 144 Å². The maximum absolute atomic E-state index is 11.7. The van der Waals surface area contributed by atoms with Gasteiger partial charge < -0.3 is 29.7 Å². The SMILES string of the molecule is CN=C(NCC(=O)NCCOC)N1CCC(OCCCOC)CC1. The summed E-state index contributed by atoms with van der Waals surface area (Å²) in [5, 5.41) is 5.88. The van der Waals surface area contributed by atoms with Crippen molar-refractivity contribution in [3.8, 4) is 0 Å². The molecule has 1 rings (SSSR count). The molecule has 1 saturated heterocycles. The minimum Gasteiger partial charge on any atom is -0.385 e. The molecule has 0 aromatic rings. The van der Waals surface area contributed by atoms with E-state index in [1.54, 1.807) is 21.3 Å². The zero-order valence-corrected chi connectivity index (χ0v) is 15.2. The van der Waals surface area contributed by atoms with Gasteiger partial charge in [-0.25, -0.2) is 0 Å². The lowest BCUT2D eigenvalue weighted by Gasteiger charge is -2.34. The molecule has 24 heavy (non-hydrogen) atoms. The average Bonchev–Trinajstić information content (AvgIpc) is 2.60. The highest BCUT2D eigenvalue weighted by molar-refractivity contribution is 5.86. The van der Waals surface area contributed by atoms with Gasteiger partial charge in [0.2, 0.25) is 5.91 Å². The predicted molar refractivity (Wildman–Crippen MR) is 93.3 cm³/mol. The number of methoxy groups -OCH3 is 2. The number of hydrogen-bond donors (Lipinski definition) is 2. The normalized spacial score (nSPS) is 16.3. The van der Waals surface area contributed by atoms with E-state index in [-0.39, 0.29) is 12.5 Å². The molecule has 0 aromatic heterocycles. The van der Waals surface area contributed by atoms with Crippen LogP contribution in [0.5, 0.6) is 0 Å². The lowest BCUT2D eigenvalue weighted by molar-refractivity contribution is -0.120. The number of carbonyl (C=O) groups is 1. The van der Waals surface area contributed by atoms with Gasteiger partial charge in [-0.3, -0.25) is 9.79 Å². The minimum absolute atomic E-state index is 0.0652. The van der Waals surface area contributed by atoms with Gasteiger partial charge in [-0.1, -0.05) is 0 Å². The van der Waals surface area contributed by atoms with E-state index in [4.69, 9.17) is 14.2 Å². The van der Waals surface area contributed by atoms with Gasteiger partial charge >= 0.3 is 0 Å². The quantitative estimate of drug-likeness (QED) is 0.326. The van der Waals surface area contributed by atoms with Crippen molar-refractivity contribution in [1.82, 2.24) is 15.5 Å². The summed E-state index contributed by atoms with van der Waals surface area (Å²) < 4.78 is 15.8. The summed E-state index contributed by atoms with van der Waals surface area (Å²) in [5.74, 6) is 0.694. The minimum atomic E-state index is -0.0652. The third kappa shape index (κ3) is 8.47. The highest BCUT2D eigenvalue weighted by Crippen LogP contribution is 2.14. The van der Waals surface area contributed by atoms with Crippen molar-refractivity contribution in [2.75, 3.05) is 67.3 Å². The third-order valence-electron chi connectivity index (χ3n) is 3.84. The van der Waals surface area contributed by atoms with E-state index in [0.29, 0.717) is 19.3 Å². The lowest BCUT2D eigenvalue weighted by atomic mass is 10.1. The van der Waals surface area contributed by atoms with E-state index in [1.165, 1.54) is 0 Å². The summed E-state index contributed by atoms with van der Waals surface area (Å²) in [6.45, 7) is 4.47. The summed E-state index contributed by atoms with van der Waals surface area (Å²) >= 11 is 0. The summed E-state index contributed by atoms with van der Waals surface area (Å²) in [5.41, 5.74) is 0. The Bertz CT molecular complexity index is 371. The Morgan fingerprint density at radius 1 is 1.12 bits per heavy atom. The second-order valence-corrected chi connectivity index (χ2v) is 5.65. The number of carbonyl (C=O) groups excluding carboxylic acids is 1. The standard InChI is InChI=1S/C16H32N4O4/c1-17-16(19-13-15(21)18-7-12-23-3)20-8-5-14(6-9-20)24-11-4-10-22-2/h14H,4-13H2,1-3H3,(H,17,19)(H,18,21). The van der Waals surface area contributed by atoms with Crippen LogP contribution >= 0.6 is 0 Å². The van der Waals surface area contributed by atoms with Crippen molar-refractivity contribution in [3.63, 3.8) is 0 Å². The van der Waals surface area contributed by atoms with Gasteiger partial charge in [0.05, 0.1) is 19.3 Å². The third-order valence-corrected chi connectivity index (χ3v) is 3.84. The predicted octanol–water partition coefficient (Wildman–Crippen LogP) is -0.158. The highest BCUT2D eigenvalue weighted by atomic mass is 16.5. The molecule has 1 fully saturated rings. The van der Waals surface area contributed by atoms with Crippen LogP contribution in [0.4, 0.5) is 0 Å². The summed E-state index contributed by atoms with van der Waals surface area (Å²) in [4.78, 5) is 18.1. The fourth-order valence-corrected chi connectivity index (χ4v) is 2.53. The number of guanidine groups is 1. The molecule has 0 bridgehead atoms. The zero-order chi connectivity index (χ0) is 17.6. The van der Waals surface area contributed by atoms with Crippen LogP contribution in [0, 0.1) is 0 Å². The van der Waals surface area contributed by atoms with E-state index >= 15 is 0 Å². The fraction of sp³-hybridized carbons (Fsp3) is 0.875. The Morgan fingerprint density at radius 2 is 1.83 bits per heavy atom. The molecule has 0 atom stereocenters. The Balaban J connectivity index is 2.22. The molecule has 0 radical (unpaired) electrons. The van der Waals surface area contributed by atoms with Crippen LogP contribution in [0.15, 0.2) is 4.99 Å². The molecule has 8 nitrogen and oxygen atoms in total. The van der Waals surface area contributed by atoms with E-state index < -0.39 is 0 Å². The number of likely N-dealkylation sites (tertiary alicyclic amines) is 1. The van der Waals surface area contributed by atoms with Gasteiger partial charge in [0.25, 0.3) is 0 Å². The molecule has 0 spiro atoms. The molecule has 0 aromatic carbocycles. The van der Waals surface area contributed by atoms with E-state index in [9.17, 15) is 4.79 Å². The van der Waals surface area contributed by atoms with Gasteiger partial charge in [0.15, 0.2) is 5.96 Å². The van der Waals surface area contributed by atoms with Crippen molar-refractivity contribution < 1.29 is 19.0 Å². The molecular weight excluding hydrogens is 312 g/mol. The number of aliphatic imine (C=N–C) groups is 1. The number of piperidine rings is 1. The second-order valence-electron chi connectivity index (χ2n) is 5.65. The first-order valence-electron chi connectivity index (χ1n) is 8.53. The van der Waals surface area contributed by atoms with Crippen molar-refractivity contribution in [2.24, 2.45) is 4.99 Å². The van der Waals surface area contributed by atoms with Crippen molar-refractivity contribution in [3.05, 3.63) is 0 Å². The first-order valence-corrected chi connectivity index (χ1v) is 8.53. The molecular formula is C16H32N4O4. The van der Waals surface area contributed by atoms with Gasteiger partial charge in [-0.15, -0.1) is 0 Å². The number of amides is 1. The maximum Gasteiger partial charge on any atom is 0.239 e. The van der Waals surface area contributed by atoms with E-state index in [1.807, 2.05) is 0 Å². The van der Waals surface area contributed by atoms with Crippen LogP contribution in [-0.4, -0.2) is 90.1 Å². The van der Waals surface area contributed by atoms with Crippen LogP contribution in [0.2, 0.25) is 0 Å². The summed E-state index contributed by atoms with van der Waals surface area (Å²) in [6, 6.07) is 0. The highest BCUT2D eigenvalue weighted by Gasteiger charge is 2.22. The Kier molecular flexibility index (Phi) is 11.2. The van der Waals surface area contributed by atoms with Crippen LogP contribution < -0.4 is 10.6 Å². The number of nitrogens with one attached hydrogen (secondary N) is 2. The molecule has 1 amide bonds. The van der Waals surface area contributed by atoms with Gasteiger partial charge in [-0.05, 0) is 19.3 Å². The first-order chi connectivity index (χ1) is 11.7. The first kappa shape index (κ1) is 20.7. The zero-order valence-electron chi connectivity index (χ0n) is 15.2. The largest absolute Gasteiger partial charge is 0.385 e. The molecule has 1 heterocycles. The van der Waals surface area contributed by atoms with Crippen molar-refractivity contribution >= 4 is 11.9 Å². The molecule has 8 heteroatoms. The van der Waals surface area contributed by atoms with E-state index in [2.05, 4.69) is 20.5 Å². The molecule has 1 aliphatic rings. The van der Waals surface area contributed by atoms with E-state index in [0.717, 1.165) is 51.5 Å². The second kappa shape index (κ2) is 13.0. The number of hydrogen-bond acceptors (Lipinski definition) is 5. The van der Waals surface area contributed by atoms with Crippen LogP contribution in [0.25, 0.3) is 0 Å². The fourth-order valence-electron chi connectivity index (χ4n) is 2.53. The topological polar surface area (TPSA) is 84.4 Å². The van der Waals surface area contributed by atoms with Crippen LogP contribution in [0.1, 0.15) is 19.3 Å². The molecule has 0 unspecified atom stereocenters. The summed E-state index contributed by atoms with van der Waals surface area (Å²) in [6.07, 6.45) is 3.16. The Hall–Kier alpha value is -1.38. The van der Waals surface area contributed by atoms with Crippen molar-refractivity contribution in [2.45, 2.75) is 25.4 Å². The maximum atomic E-state index is 11.7. The smallest absolute Gasteiger partial charge is 0.239 e. The van der Waals surface area contributed by atoms with Crippen molar-refractivity contribution in [1.29, 1.82) is 0 Å². The molecule has 0 aliphatic carbocycles. The molecule has 0 saturated carbocycles. The van der Waals surface area contributed by atoms with Gasteiger partial charge in [0, 0.05) is 54.1 Å². The molecule has 140 valence electrons. The monoisotopic (exact) mass is 344 g/mol. The van der Waals surface area contributed by atoms with Gasteiger partial charge in [-0.2, -0.15) is 0 Å². The average molecular weight is 344 g/mol. The van der Waals surface area contributed by atoms with Gasteiger partial charge in [0.1, 0.15) is 0 Å². The molecule has 1 aliphatic heterocycles. The number of rotatable bonds is 10. The summed E-state index contributed by atoms with van der Waals surface area (Å²) in [7, 11) is 5.05. The number of nitrogens with zero attached hydrogens (tertiary/aromatic N) is 2. The Morgan fingerprint density at radius 3 is 2.46 bits per heavy atom. The number of ether oxygens (including phenoxy) is 3.